The molecule has 6 nitrogen and oxygen atoms in total. The van der Waals surface area contributed by atoms with Crippen molar-refractivity contribution >= 4 is 10.2 Å². The highest BCUT2D eigenvalue weighted by molar-refractivity contribution is 7.87. The van der Waals surface area contributed by atoms with E-state index in [4.69, 9.17) is 9.84 Å². The van der Waals surface area contributed by atoms with Crippen LogP contribution in [0.25, 0.3) is 0 Å². The van der Waals surface area contributed by atoms with E-state index >= 15 is 0 Å². The van der Waals surface area contributed by atoms with Crippen LogP contribution in [0.15, 0.2) is 0 Å². The maximum atomic E-state index is 11.9. The standard InChI is InChI=1S/C9H20N2O4S/c1-8(7-9(2)12)10-16(13,14)11-3-5-15-6-4-11/h8-10,12H,3-7H2,1-2H3. The van der Waals surface area contributed by atoms with Gasteiger partial charge in [0.15, 0.2) is 0 Å². The minimum atomic E-state index is -3.44. The molecule has 0 bridgehead atoms. The molecule has 1 aliphatic rings. The zero-order valence-corrected chi connectivity index (χ0v) is 10.5. The first kappa shape index (κ1) is 13.9. The second-order valence-corrected chi connectivity index (χ2v) is 5.82. The van der Waals surface area contributed by atoms with Crippen molar-refractivity contribution in [3.63, 3.8) is 0 Å². The van der Waals surface area contributed by atoms with Crippen molar-refractivity contribution in [1.82, 2.24) is 9.03 Å². The Labute approximate surface area is 96.8 Å². The molecule has 1 aliphatic heterocycles. The van der Waals surface area contributed by atoms with Crippen LogP contribution in [0, 0.1) is 0 Å². The minimum absolute atomic E-state index is 0.271. The van der Waals surface area contributed by atoms with Gasteiger partial charge in [-0.05, 0) is 20.3 Å². The largest absolute Gasteiger partial charge is 0.393 e. The van der Waals surface area contributed by atoms with Gasteiger partial charge in [0.25, 0.3) is 10.2 Å². The average molecular weight is 252 g/mol. The van der Waals surface area contributed by atoms with Crippen LogP contribution in [0.2, 0.25) is 0 Å². The molecular weight excluding hydrogens is 232 g/mol. The Bertz CT molecular complexity index is 299. The SMILES string of the molecule is CC(O)CC(C)NS(=O)(=O)N1CCOCC1. The van der Waals surface area contributed by atoms with Crippen molar-refractivity contribution in [2.75, 3.05) is 26.3 Å². The van der Waals surface area contributed by atoms with E-state index in [2.05, 4.69) is 4.72 Å². The van der Waals surface area contributed by atoms with E-state index in [0.717, 1.165) is 0 Å². The molecule has 16 heavy (non-hydrogen) atoms. The fraction of sp³-hybridized carbons (Fsp3) is 1.00. The van der Waals surface area contributed by atoms with Crippen LogP contribution in [0.5, 0.6) is 0 Å². The summed E-state index contributed by atoms with van der Waals surface area (Å²) in [7, 11) is -3.44. The molecule has 2 atom stereocenters. The van der Waals surface area contributed by atoms with Crippen molar-refractivity contribution in [2.45, 2.75) is 32.4 Å². The number of aliphatic hydroxyl groups excluding tert-OH is 1. The van der Waals surface area contributed by atoms with Gasteiger partial charge in [-0.1, -0.05) is 0 Å². The fourth-order valence-electron chi connectivity index (χ4n) is 1.68. The predicted octanol–water partition coefficient (Wildman–Crippen LogP) is -0.688. The topological polar surface area (TPSA) is 78.9 Å². The van der Waals surface area contributed by atoms with Gasteiger partial charge < -0.3 is 9.84 Å². The van der Waals surface area contributed by atoms with Crippen LogP contribution in [-0.4, -0.2) is 56.3 Å². The summed E-state index contributed by atoms with van der Waals surface area (Å²) in [5.74, 6) is 0. The highest BCUT2D eigenvalue weighted by Gasteiger charge is 2.25. The first-order valence-electron chi connectivity index (χ1n) is 5.45. The van der Waals surface area contributed by atoms with Gasteiger partial charge in [0.05, 0.1) is 19.3 Å². The molecule has 0 amide bonds. The van der Waals surface area contributed by atoms with E-state index in [-0.39, 0.29) is 6.04 Å². The Kier molecular flexibility index (Phi) is 5.13. The van der Waals surface area contributed by atoms with Crippen LogP contribution in [-0.2, 0) is 14.9 Å². The van der Waals surface area contributed by atoms with Crippen molar-refractivity contribution in [2.24, 2.45) is 0 Å². The molecule has 96 valence electrons. The molecule has 2 unspecified atom stereocenters. The number of nitrogens with zero attached hydrogens (tertiary/aromatic N) is 1. The van der Waals surface area contributed by atoms with Crippen LogP contribution >= 0.6 is 0 Å². The predicted molar refractivity (Wildman–Crippen MR) is 60.2 cm³/mol. The molecule has 0 saturated carbocycles. The number of nitrogens with one attached hydrogen (secondary N) is 1. The molecule has 0 spiro atoms. The molecule has 1 heterocycles. The monoisotopic (exact) mass is 252 g/mol. The number of morpholine rings is 1. The summed E-state index contributed by atoms with van der Waals surface area (Å²) in [6, 6.07) is -0.271. The lowest BCUT2D eigenvalue weighted by atomic mass is 10.2. The molecule has 1 saturated heterocycles. The Morgan fingerprint density at radius 3 is 2.44 bits per heavy atom. The van der Waals surface area contributed by atoms with Crippen LogP contribution in [0.3, 0.4) is 0 Å². The minimum Gasteiger partial charge on any atom is -0.393 e. The molecule has 1 fully saturated rings. The van der Waals surface area contributed by atoms with E-state index < -0.39 is 16.3 Å². The summed E-state index contributed by atoms with van der Waals surface area (Å²) >= 11 is 0. The zero-order chi connectivity index (χ0) is 12.2. The summed E-state index contributed by atoms with van der Waals surface area (Å²) < 4.78 is 32.7. The van der Waals surface area contributed by atoms with Gasteiger partial charge in [-0.15, -0.1) is 0 Å². The Morgan fingerprint density at radius 2 is 1.94 bits per heavy atom. The Balaban J connectivity index is 2.49. The molecule has 1 rings (SSSR count). The third-order valence-electron chi connectivity index (χ3n) is 2.35. The van der Waals surface area contributed by atoms with E-state index in [1.54, 1.807) is 13.8 Å². The van der Waals surface area contributed by atoms with Gasteiger partial charge in [0, 0.05) is 19.1 Å². The van der Waals surface area contributed by atoms with Crippen molar-refractivity contribution in [3.8, 4) is 0 Å². The zero-order valence-electron chi connectivity index (χ0n) is 9.72. The third-order valence-corrected chi connectivity index (χ3v) is 4.10. The Hall–Kier alpha value is -0.210. The summed E-state index contributed by atoms with van der Waals surface area (Å²) in [6.07, 6.45) is -0.105. The highest BCUT2D eigenvalue weighted by atomic mass is 32.2. The number of hydrogen-bond acceptors (Lipinski definition) is 4. The van der Waals surface area contributed by atoms with Gasteiger partial charge in [0.1, 0.15) is 0 Å². The maximum Gasteiger partial charge on any atom is 0.279 e. The second-order valence-electron chi connectivity index (χ2n) is 4.12. The molecule has 0 aromatic heterocycles. The lowest BCUT2D eigenvalue weighted by Gasteiger charge is -2.27. The number of hydrogen-bond donors (Lipinski definition) is 2. The van der Waals surface area contributed by atoms with Crippen LogP contribution in [0.1, 0.15) is 20.3 Å². The van der Waals surface area contributed by atoms with Gasteiger partial charge in [-0.2, -0.15) is 17.4 Å². The fourth-order valence-corrected chi connectivity index (χ4v) is 3.06. The van der Waals surface area contributed by atoms with Gasteiger partial charge in [-0.25, -0.2) is 0 Å². The first-order valence-corrected chi connectivity index (χ1v) is 6.89. The molecule has 0 aromatic carbocycles. The van der Waals surface area contributed by atoms with Crippen LogP contribution < -0.4 is 4.72 Å². The van der Waals surface area contributed by atoms with Gasteiger partial charge in [0.2, 0.25) is 0 Å². The number of ether oxygens (including phenoxy) is 1. The molecule has 7 heteroatoms. The van der Waals surface area contributed by atoms with E-state index in [1.165, 1.54) is 4.31 Å². The van der Waals surface area contributed by atoms with Crippen molar-refractivity contribution in [1.29, 1.82) is 0 Å². The number of rotatable bonds is 5. The molecular formula is C9H20N2O4S. The van der Waals surface area contributed by atoms with Gasteiger partial charge >= 0.3 is 0 Å². The summed E-state index contributed by atoms with van der Waals surface area (Å²) in [4.78, 5) is 0. The average Bonchev–Trinajstić information content (AvgIpc) is 2.16. The summed E-state index contributed by atoms with van der Waals surface area (Å²) in [5.41, 5.74) is 0. The van der Waals surface area contributed by atoms with Crippen LogP contribution in [0.4, 0.5) is 0 Å². The van der Waals surface area contributed by atoms with E-state index in [9.17, 15) is 8.42 Å². The molecule has 0 radical (unpaired) electrons. The quantitative estimate of drug-likeness (QED) is 0.679. The lowest BCUT2D eigenvalue weighted by Crippen LogP contribution is -2.49. The number of aliphatic hydroxyl groups is 1. The summed E-state index contributed by atoms with van der Waals surface area (Å²) in [6.45, 7) is 5.02. The third kappa shape index (κ3) is 4.34. The smallest absolute Gasteiger partial charge is 0.279 e. The highest BCUT2D eigenvalue weighted by Crippen LogP contribution is 2.06. The normalized spacial score (nSPS) is 22.9. The lowest BCUT2D eigenvalue weighted by molar-refractivity contribution is 0.0721. The second kappa shape index (κ2) is 5.92. The summed E-state index contributed by atoms with van der Waals surface area (Å²) in [5, 5.41) is 9.16. The van der Waals surface area contributed by atoms with Gasteiger partial charge in [-0.3, -0.25) is 0 Å². The first-order chi connectivity index (χ1) is 7.42. The Morgan fingerprint density at radius 1 is 1.38 bits per heavy atom. The van der Waals surface area contributed by atoms with E-state index in [1.807, 2.05) is 0 Å². The molecule has 2 N–H and O–H groups in total. The van der Waals surface area contributed by atoms with E-state index in [0.29, 0.717) is 32.7 Å². The van der Waals surface area contributed by atoms with Crippen molar-refractivity contribution < 1.29 is 18.3 Å². The molecule has 0 aromatic rings. The maximum absolute atomic E-state index is 11.9. The van der Waals surface area contributed by atoms with Crippen molar-refractivity contribution in [3.05, 3.63) is 0 Å². The molecule has 0 aliphatic carbocycles.